The van der Waals surface area contributed by atoms with Gasteiger partial charge >= 0.3 is 0 Å². The van der Waals surface area contributed by atoms with E-state index in [9.17, 15) is 4.79 Å². The van der Waals surface area contributed by atoms with Crippen molar-refractivity contribution in [2.75, 3.05) is 0 Å². The molecule has 1 saturated carbocycles. The number of rotatable bonds is 5. The topological polar surface area (TPSA) is 72.4 Å². The highest BCUT2D eigenvalue weighted by Gasteiger charge is 2.36. The van der Waals surface area contributed by atoms with Gasteiger partial charge in [0.05, 0.1) is 6.04 Å². The van der Waals surface area contributed by atoms with Crippen LogP contribution in [-0.4, -0.2) is 20.5 Å². The van der Waals surface area contributed by atoms with E-state index < -0.39 is 0 Å². The van der Waals surface area contributed by atoms with Crippen molar-refractivity contribution in [3.05, 3.63) is 59.9 Å². The standard InChI is InChI=1S/C19H20N4O2/c1-12-11-15(12)16-8-6-14(25-16)7-9-18(24)20-13(2)19-22-21-17-5-3-4-10-23(17)19/h3-10,12-13,15H,11H2,1-2H3,(H,20,24)/b9-7+. The molecule has 3 aromatic rings. The number of furan rings is 1. The van der Waals surface area contributed by atoms with Gasteiger partial charge < -0.3 is 9.73 Å². The summed E-state index contributed by atoms with van der Waals surface area (Å²) in [4.78, 5) is 12.2. The van der Waals surface area contributed by atoms with Gasteiger partial charge in [-0.3, -0.25) is 9.20 Å². The smallest absolute Gasteiger partial charge is 0.244 e. The molecule has 3 aromatic heterocycles. The lowest BCUT2D eigenvalue weighted by molar-refractivity contribution is -0.117. The molecule has 128 valence electrons. The summed E-state index contributed by atoms with van der Waals surface area (Å²) in [5.41, 5.74) is 0.756. The van der Waals surface area contributed by atoms with Gasteiger partial charge in [0.15, 0.2) is 11.5 Å². The molecule has 0 saturated heterocycles. The Labute approximate surface area is 145 Å². The molecule has 0 bridgehead atoms. The second kappa shape index (κ2) is 6.20. The SMILES string of the molecule is CC(NC(=O)/C=C/c1ccc(C2CC2C)o1)c1nnc2ccccn12. The zero-order chi connectivity index (χ0) is 17.4. The van der Waals surface area contributed by atoms with Crippen LogP contribution < -0.4 is 5.32 Å². The van der Waals surface area contributed by atoms with Gasteiger partial charge in [0.2, 0.25) is 5.91 Å². The van der Waals surface area contributed by atoms with E-state index in [0.717, 1.165) is 11.4 Å². The summed E-state index contributed by atoms with van der Waals surface area (Å²) in [6.45, 7) is 4.10. The Bertz CT molecular complexity index is 940. The van der Waals surface area contributed by atoms with Crippen LogP contribution in [0.15, 0.2) is 47.0 Å². The third kappa shape index (κ3) is 3.20. The number of nitrogens with one attached hydrogen (secondary N) is 1. The minimum absolute atomic E-state index is 0.196. The summed E-state index contributed by atoms with van der Waals surface area (Å²) in [5.74, 6) is 3.45. The number of fused-ring (bicyclic) bond motifs is 1. The first-order valence-corrected chi connectivity index (χ1v) is 8.50. The first-order chi connectivity index (χ1) is 12.1. The van der Waals surface area contributed by atoms with Crippen LogP contribution in [0.3, 0.4) is 0 Å². The molecule has 1 aliphatic carbocycles. The van der Waals surface area contributed by atoms with Gasteiger partial charge in [-0.05, 0) is 49.6 Å². The van der Waals surface area contributed by atoms with E-state index in [0.29, 0.717) is 23.4 Å². The largest absolute Gasteiger partial charge is 0.461 e. The average Bonchev–Trinajstić information content (AvgIpc) is 3.04. The summed E-state index contributed by atoms with van der Waals surface area (Å²) in [7, 11) is 0. The number of nitrogens with zero attached hydrogens (tertiary/aromatic N) is 3. The van der Waals surface area contributed by atoms with Gasteiger partial charge in [0.1, 0.15) is 11.5 Å². The van der Waals surface area contributed by atoms with Crippen molar-refractivity contribution in [2.45, 2.75) is 32.2 Å². The van der Waals surface area contributed by atoms with Crippen molar-refractivity contribution in [1.29, 1.82) is 0 Å². The van der Waals surface area contributed by atoms with E-state index in [1.807, 2.05) is 47.9 Å². The van der Waals surface area contributed by atoms with Crippen LogP contribution in [0.2, 0.25) is 0 Å². The molecule has 6 nitrogen and oxygen atoms in total. The molecule has 0 aromatic carbocycles. The van der Waals surface area contributed by atoms with E-state index in [1.165, 1.54) is 12.5 Å². The highest BCUT2D eigenvalue weighted by atomic mass is 16.3. The molecule has 1 aliphatic rings. The van der Waals surface area contributed by atoms with E-state index in [2.05, 4.69) is 22.4 Å². The molecule has 3 unspecified atom stereocenters. The third-order valence-corrected chi connectivity index (χ3v) is 4.61. The van der Waals surface area contributed by atoms with Gasteiger partial charge in [0.25, 0.3) is 0 Å². The third-order valence-electron chi connectivity index (χ3n) is 4.61. The van der Waals surface area contributed by atoms with Gasteiger partial charge in [-0.2, -0.15) is 0 Å². The minimum atomic E-state index is -0.256. The second-order valence-electron chi connectivity index (χ2n) is 6.61. The lowest BCUT2D eigenvalue weighted by atomic mass is 10.3. The maximum absolute atomic E-state index is 12.2. The highest BCUT2D eigenvalue weighted by molar-refractivity contribution is 5.91. The molecule has 25 heavy (non-hydrogen) atoms. The number of carbonyl (C=O) groups is 1. The Morgan fingerprint density at radius 1 is 1.36 bits per heavy atom. The predicted molar refractivity (Wildman–Crippen MR) is 93.8 cm³/mol. The fourth-order valence-electron chi connectivity index (χ4n) is 3.01. The van der Waals surface area contributed by atoms with Gasteiger partial charge in [0, 0.05) is 18.2 Å². The van der Waals surface area contributed by atoms with Crippen molar-refractivity contribution in [3.63, 3.8) is 0 Å². The summed E-state index contributed by atoms with van der Waals surface area (Å²) >= 11 is 0. The van der Waals surface area contributed by atoms with Crippen molar-refractivity contribution in [1.82, 2.24) is 19.9 Å². The van der Waals surface area contributed by atoms with Crippen LogP contribution in [0.25, 0.3) is 11.7 Å². The van der Waals surface area contributed by atoms with Crippen LogP contribution in [0.1, 0.15) is 49.6 Å². The Kier molecular flexibility index (Phi) is 3.87. The van der Waals surface area contributed by atoms with Crippen molar-refractivity contribution in [3.8, 4) is 0 Å². The number of pyridine rings is 1. The molecule has 1 N–H and O–H groups in total. The average molecular weight is 336 g/mol. The molecule has 1 fully saturated rings. The molecular formula is C19H20N4O2. The maximum atomic E-state index is 12.2. The Morgan fingerprint density at radius 2 is 2.20 bits per heavy atom. The first kappa shape index (κ1) is 15.6. The Morgan fingerprint density at radius 3 is 3.00 bits per heavy atom. The molecule has 0 radical (unpaired) electrons. The second-order valence-corrected chi connectivity index (χ2v) is 6.61. The van der Waals surface area contributed by atoms with Crippen molar-refractivity contribution < 1.29 is 9.21 Å². The van der Waals surface area contributed by atoms with Gasteiger partial charge in [-0.15, -0.1) is 10.2 Å². The summed E-state index contributed by atoms with van der Waals surface area (Å²) in [6.07, 6.45) is 6.24. The molecule has 1 amide bonds. The summed E-state index contributed by atoms with van der Waals surface area (Å²) in [6, 6.07) is 9.33. The van der Waals surface area contributed by atoms with E-state index in [4.69, 9.17) is 4.42 Å². The number of aromatic nitrogens is 3. The zero-order valence-corrected chi connectivity index (χ0v) is 14.2. The predicted octanol–water partition coefficient (Wildman–Crippen LogP) is 3.34. The number of carbonyl (C=O) groups excluding carboxylic acids is 1. The van der Waals surface area contributed by atoms with Crippen molar-refractivity contribution in [2.24, 2.45) is 5.92 Å². The molecule has 3 heterocycles. The highest BCUT2D eigenvalue weighted by Crippen LogP contribution is 2.47. The van der Waals surface area contributed by atoms with Crippen LogP contribution in [0, 0.1) is 5.92 Å². The first-order valence-electron chi connectivity index (χ1n) is 8.50. The minimum Gasteiger partial charge on any atom is -0.461 e. The van der Waals surface area contributed by atoms with Crippen LogP contribution in [0.5, 0.6) is 0 Å². The normalized spacial score (nSPS) is 20.9. The lowest BCUT2D eigenvalue weighted by Gasteiger charge is -2.10. The maximum Gasteiger partial charge on any atom is 0.244 e. The summed E-state index contributed by atoms with van der Waals surface area (Å²) in [5, 5.41) is 11.2. The molecule has 6 heteroatoms. The van der Waals surface area contributed by atoms with Crippen LogP contribution >= 0.6 is 0 Å². The van der Waals surface area contributed by atoms with Crippen LogP contribution in [-0.2, 0) is 4.79 Å². The Balaban J connectivity index is 1.40. The molecule has 4 rings (SSSR count). The number of amides is 1. The van der Waals surface area contributed by atoms with E-state index >= 15 is 0 Å². The van der Waals surface area contributed by atoms with Crippen molar-refractivity contribution >= 4 is 17.6 Å². The number of hydrogen-bond donors (Lipinski definition) is 1. The van der Waals surface area contributed by atoms with Gasteiger partial charge in [-0.25, -0.2) is 0 Å². The van der Waals surface area contributed by atoms with Crippen LogP contribution in [0.4, 0.5) is 0 Å². The molecule has 0 spiro atoms. The van der Waals surface area contributed by atoms with Gasteiger partial charge in [-0.1, -0.05) is 13.0 Å². The lowest BCUT2D eigenvalue weighted by Crippen LogP contribution is -2.26. The van der Waals surface area contributed by atoms with E-state index in [1.54, 1.807) is 6.08 Å². The molecule has 3 atom stereocenters. The number of hydrogen-bond acceptors (Lipinski definition) is 4. The summed E-state index contributed by atoms with van der Waals surface area (Å²) < 4.78 is 7.64. The fraction of sp³-hybridized carbons (Fsp3) is 0.316. The fourth-order valence-corrected chi connectivity index (χ4v) is 3.01. The zero-order valence-electron chi connectivity index (χ0n) is 14.2. The monoisotopic (exact) mass is 336 g/mol. The Hall–Kier alpha value is -2.89. The quantitative estimate of drug-likeness (QED) is 0.725. The molecular weight excluding hydrogens is 316 g/mol. The van der Waals surface area contributed by atoms with E-state index in [-0.39, 0.29) is 11.9 Å². The molecule has 0 aliphatic heterocycles.